The van der Waals surface area contributed by atoms with E-state index in [1.54, 1.807) is 0 Å². The lowest BCUT2D eigenvalue weighted by Crippen LogP contribution is -2.19. The van der Waals surface area contributed by atoms with Gasteiger partial charge in [0.05, 0.1) is 4.88 Å². The van der Waals surface area contributed by atoms with Crippen molar-refractivity contribution in [1.82, 2.24) is 19.6 Å². The van der Waals surface area contributed by atoms with Gasteiger partial charge in [0.25, 0.3) is 0 Å². The van der Waals surface area contributed by atoms with E-state index in [1.807, 2.05) is 18.5 Å². The number of hydrogen-bond acceptors (Lipinski definition) is 6. The summed E-state index contributed by atoms with van der Waals surface area (Å²) in [6.45, 7) is 2.91. The number of pyridine rings is 2. The predicted molar refractivity (Wildman–Crippen MR) is 113 cm³/mol. The topological polar surface area (TPSA) is 54.8 Å². The van der Waals surface area contributed by atoms with E-state index in [1.165, 1.54) is 22.7 Å². The molecule has 1 aliphatic heterocycles. The maximum absolute atomic E-state index is 4.84. The Labute approximate surface area is 167 Å². The first kappa shape index (κ1) is 17.0. The van der Waals surface area contributed by atoms with Gasteiger partial charge in [0.15, 0.2) is 0 Å². The molecule has 0 spiro atoms. The van der Waals surface area contributed by atoms with Gasteiger partial charge in [0.2, 0.25) is 0 Å². The molecule has 1 aromatic carbocycles. The molecule has 3 aromatic heterocycles. The fraction of sp³-hybridized carbons (Fsp3) is 0.182. The predicted octanol–water partition coefficient (Wildman–Crippen LogP) is 4.92. The number of rotatable bonds is 4. The largest absolute Gasteiger partial charge is 0.310 e. The van der Waals surface area contributed by atoms with E-state index in [-0.39, 0.29) is 0 Å². The Bertz CT molecular complexity index is 1120. The van der Waals surface area contributed by atoms with E-state index in [0.29, 0.717) is 0 Å². The lowest BCUT2D eigenvalue weighted by molar-refractivity contribution is 0.932. The number of anilines is 2. The molecule has 1 aliphatic rings. The summed E-state index contributed by atoms with van der Waals surface area (Å²) in [5.41, 5.74) is 5.54. The summed E-state index contributed by atoms with van der Waals surface area (Å²) in [5.74, 6) is 1.82. The summed E-state index contributed by atoms with van der Waals surface area (Å²) in [6.07, 6.45) is 5.74. The Hall–Kier alpha value is -3.12. The Kier molecular flexibility index (Phi) is 4.33. The number of hydrogen-bond donors (Lipinski definition) is 0. The fourth-order valence-electron chi connectivity index (χ4n) is 3.69. The van der Waals surface area contributed by atoms with Crippen LogP contribution >= 0.6 is 11.5 Å². The fourth-order valence-corrected chi connectivity index (χ4v) is 4.39. The number of benzene rings is 1. The molecule has 0 unspecified atom stereocenters. The van der Waals surface area contributed by atoms with Gasteiger partial charge in [-0.1, -0.05) is 34.8 Å². The molecule has 0 bridgehead atoms. The standard InChI is InChI=1S/C22H19N5S/c1-2-27-21-17(9-6-12-23-21)20-19(25-26-28-20)18-13-16(14-24-22(18)27)11-10-15-7-4-3-5-8-15/h3-9,12-14H,2,10-11H2,1H3. The van der Waals surface area contributed by atoms with E-state index in [2.05, 4.69) is 68.9 Å². The summed E-state index contributed by atoms with van der Waals surface area (Å²) in [5, 5.41) is 4.46. The monoisotopic (exact) mass is 385 g/mol. The Balaban J connectivity index is 1.59. The van der Waals surface area contributed by atoms with Crippen LogP contribution in [0.5, 0.6) is 0 Å². The summed E-state index contributed by atoms with van der Waals surface area (Å²) >= 11 is 1.42. The van der Waals surface area contributed by atoms with Crippen LogP contribution in [0.3, 0.4) is 0 Å². The van der Waals surface area contributed by atoms with Gasteiger partial charge in [-0.3, -0.25) is 0 Å². The molecule has 0 saturated carbocycles. The van der Waals surface area contributed by atoms with Crippen LogP contribution < -0.4 is 4.90 Å². The molecule has 28 heavy (non-hydrogen) atoms. The molecule has 0 aliphatic carbocycles. The Morgan fingerprint density at radius 3 is 2.57 bits per heavy atom. The molecule has 5 rings (SSSR count). The van der Waals surface area contributed by atoms with Crippen molar-refractivity contribution in [3.8, 4) is 21.7 Å². The van der Waals surface area contributed by atoms with Gasteiger partial charge in [-0.15, -0.1) is 5.10 Å². The maximum Gasteiger partial charge on any atom is 0.143 e. The van der Waals surface area contributed by atoms with Crippen LogP contribution in [0, 0.1) is 0 Å². The summed E-state index contributed by atoms with van der Waals surface area (Å²) in [4.78, 5) is 12.7. The molecular weight excluding hydrogens is 366 g/mol. The normalized spacial score (nSPS) is 12.1. The molecule has 138 valence electrons. The molecule has 4 aromatic rings. The third-order valence-electron chi connectivity index (χ3n) is 5.07. The molecule has 0 N–H and O–H groups in total. The molecule has 0 atom stereocenters. The van der Waals surface area contributed by atoms with Gasteiger partial charge in [-0.25, -0.2) is 9.97 Å². The van der Waals surface area contributed by atoms with E-state index in [4.69, 9.17) is 4.98 Å². The second-order valence-electron chi connectivity index (χ2n) is 6.77. The highest BCUT2D eigenvalue weighted by atomic mass is 32.1. The van der Waals surface area contributed by atoms with Crippen LogP contribution in [0.2, 0.25) is 0 Å². The van der Waals surface area contributed by atoms with Crippen LogP contribution in [-0.2, 0) is 12.8 Å². The van der Waals surface area contributed by atoms with Crippen molar-refractivity contribution in [3.05, 3.63) is 72.1 Å². The van der Waals surface area contributed by atoms with Crippen LogP contribution in [0.1, 0.15) is 18.1 Å². The second kappa shape index (κ2) is 7.13. The third kappa shape index (κ3) is 2.86. The maximum atomic E-state index is 4.84. The molecule has 0 fully saturated rings. The molecule has 0 amide bonds. The number of aryl methyl sites for hydroxylation is 2. The summed E-state index contributed by atoms with van der Waals surface area (Å²) in [7, 11) is 0. The van der Waals surface area contributed by atoms with Crippen molar-refractivity contribution in [3.63, 3.8) is 0 Å². The molecule has 4 heterocycles. The van der Waals surface area contributed by atoms with Crippen molar-refractivity contribution in [2.45, 2.75) is 19.8 Å². The van der Waals surface area contributed by atoms with E-state index >= 15 is 0 Å². The van der Waals surface area contributed by atoms with E-state index in [0.717, 1.165) is 52.7 Å². The molecule has 6 heteroatoms. The van der Waals surface area contributed by atoms with Gasteiger partial charge in [-0.2, -0.15) is 0 Å². The van der Waals surface area contributed by atoms with Crippen LogP contribution in [0.15, 0.2) is 60.9 Å². The summed E-state index contributed by atoms with van der Waals surface area (Å²) < 4.78 is 4.23. The highest BCUT2D eigenvalue weighted by Gasteiger charge is 2.28. The van der Waals surface area contributed by atoms with Crippen molar-refractivity contribution in [1.29, 1.82) is 0 Å². The Morgan fingerprint density at radius 2 is 1.71 bits per heavy atom. The van der Waals surface area contributed by atoms with Gasteiger partial charge in [0.1, 0.15) is 17.3 Å². The molecule has 0 radical (unpaired) electrons. The van der Waals surface area contributed by atoms with Crippen molar-refractivity contribution < 1.29 is 0 Å². The average molecular weight is 385 g/mol. The zero-order valence-electron chi connectivity index (χ0n) is 15.5. The first-order valence-electron chi connectivity index (χ1n) is 9.43. The van der Waals surface area contributed by atoms with E-state index < -0.39 is 0 Å². The smallest absolute Gasteiger partial charge is 0.143 e. The summed E-state index contributed by atoms with van der Waals surface area (Å²) in [6, 6.07) is 16.8. The van der Waals surface area contributed by atoms with E-state index in [9.17, 15) is 0 Å². The number of nitrogens with zero attached hydrogens (tertiary/aromatic N) is 5. The first-order chi connectivity index (χ1) is 13.8. The zero-order chi connectivity index (χ0) is 18.9. The van der Waals surface area contributed by atoms with Crippen molar-refractivity contribution in [2.24, 2.45) is 0 Å². The average Bonchev–Trinajstić information content (AvgIpc) is 3.20. The number of aromatic nitrogens is 4. The SMILES string of the molecule is CCN1c2ncc(CCc3ccccc3)cc2-c2nnsc2-c2cccnc21. The quantitative estimate of drug-likeness (QED) is 0.499. The van der Waals surface area contributed by atoms with Gasteiger partial charge in [0, 0.05) is 30.1 Å². The minimum atomic E-state index is 0.787. The molecule has 0 saturated heterocycles. The first-order valence-corrected chi connectivity index (χ1v) is 10.2. The van der Waals surface area contributed by atoms with Gasteiger partial charge < -0.3 is 4.90 Å². The lowest BCUT2D eigenvalue weighted by atomic mass is 10.0. The molecular formula is C22H19N5S. The van der Waals surface area contributed by atoms with Gasteiger partial charge in [-0.05, 0) is 60.6 Å². The second-order valence-corrected chi connectivity index (χ2v) is 7.52. The number of fused-ring (bicyclic) bond motifs is 5. The minimum Gasteiger partial charge on any atom is -0.310 e. The highest BCUT2D eigenvalue weighted by Crippen LogP contribution is 2.46. The zero-order valence-corrected chi connectivity index (χ0v) is 16.4. The van der Waals surface area contributed by atoms with Crippen LogP contribution in [0.4, 0.5) is 11.6 Å². The van der Waals surface area contributed by atoms with Crippen molar-refractivity contribution >= 4 is 23.2 Å². The lowest BCUT2D eigenvalue weighted by Gasteiger charge is -2.23. The highest BCUT2D eigenvalue weighted by molar-refractivity contribution is 7.10. The van der Waals surface area contributed by atoms with Crippen molar-refractivity contribution in [2.75, 3.05) is 11.4 Å². The molecule has 5 nitrogen and oxygen atoms in total. The van der Waals surface area contributed by atoms with Gasteiger partial charge >= 0.3 is 0 Å². The van der Waals surface area contributed by atoms with Crippen LogP contribution in [0.25, 0.3) is 21.7 Å². The minimum absolute atomic E-state index is 0.787. The third-order valence-corrected chi connectivity index (χ3v) is 5.83. The van der Waals surface area contributed by atoms with Crippen LogP contribution in [-0.4, -0.2) is 26.1 Å². The Morgan fingerprint density at radius 1 is 0.893 bits per heavy atom.